The van der Waals surface area contributed by atoms with Crippen LogP contribution in [0.25, 0.3) is 0 Å². The molecule has 0 aliphatic heterocycles. The van der Waals surface area contributed by atoms with Gasteiger partial charge in [-0.15, -0.1) is 0 Å². The summed E-state index contributed by atoms with van der Waals surface area (Å²) < 4.78 is 10.0. The number of pyridine rings is 1. The summed E-state index contributed by atoms with van der Waals surface area (Å²) in [5.74, 6) is 0.661. The van der Waals surface area contributed by atoms with E-state index in [1.807, 2.05) is 12.1 Å². The van der Waals surface area contributed by atoms with E-state index in [9.17, 15) is 4.79 Å². The highest BCUT2D eigenvalue weighted by Gasteiger charge is 2.13. The molecule has 0 atom stereocenters. The van der Waals surface area contributed by atoms with E-state index in [1.54, 1.807) is 31.5 Å². The molecule has 1 aromatic carbocycles. The SMILES string of the molecule is COC(=O)c1cccnc1NCc1c(Cl)cccc1OC. The van der Waals surface area contributed by atoms with Gasteiger partial charge in [-0.3, -0.25) is 0 Å². The number of methoxy groups -OCH3 is 2. The van der Waals surface area contributed by atoms with Crippen molar-refractivity contribution in [2.45, 2.75) is 6.54 Å². The van der Waals surface area contributed by atoms with Crippen molar-refractivity contribution in [3.8, 4) is 5.75 Å². The van der Waals surface area contributed by atoms with Crippen molar-refractivity contribution >= 4 is 23.4 Å². The second kappa shape index (κ2) is 6.95. The number of aromatic nitrogens is 1. The zero-order valence-electron chi connectivity index (χ0n) is 11.7. The van der Waals surface area contributed by atoms with Gasteiger partial charge in [-0.1, -0.05) is 17.7 Å². The minimum atomic E-state index is -0.447. The van der Waals surface area contributed by atoms with E-state index in [0.717, 1.165) is 5.56 Å². The number of halogens is 1. The first-order chi connectivity index (χ1) is 10.2. The molecule has 0 amide bonds. The van der Waals surface area contributed by atoms with Gasteiger partial charge in [-0.2, -0.15) is 0 Å². The maximum absolute atomic E-state index is 11.7. The van der Waals surface area contributed by atoms with Crippen molar-refractivity contribution < 1.29 is 14.3 Å². The molecule has 0 aliphatic rings. The molecule has 1 N–H and O–H groups in total. The van der Waals surface area contributed by atoms with Gasteiger partial charge in [0, 0.05) is 23.3 Å². The number of hydrogen-bond donors (Lipinski definition) is 1. The molecule has 1 heterocycles. The van der Waals surface area contributed by atoms with E-state index >= 15 is 0 Å². The fourth-order valence-corrected chi connectivity index (χ4v) is 2.13. The summed E-state index contributed by atoms with van der Waals surface area (Å²) in [6, 6.07) is 8.73. The first-order valence-corrected chi connectivity index (χ1v) is 6.63. The normalized spacial score (nSPS) is 10.0. The van der Waals surface area contributed by atoms with E-state index in [4.69, 9.17) is 21.1 Å². The van der Waals surface area contributed by atoms with E-state index < -0.39 is 5.97 Å². The minimum absolute atomic E-state index is 0.367. The summed E-state index contributed by atoms with van der Waals surface area (Å²) in [6.45, 7) is 0.379. The molecule has 0 saturated carbocycles. The topological polar surface area (TPSA) is 60.5 Å². The molecular formula is C15H15ClN2O3. The number of nitrogens with one attached hydrogen (secondary N) is 1. The van der Waals surface area contributed by atoms with Crippen LogP contribution >= 0.6 is 11.6 Å². The molecule has 0 fully saturated rings. The summed E-state index contributed by atoms with van der Waals surface area (Å²) in [7, 11) is 2.91. The Kier molecular flexibility index (Phi) is 5.00. The summed E-state index contributed by atoms with van der Waals surface area (Å²) in [5.41, 5.74) is 1.16. The van der Waals surface area contributed by atoms with Gasteiger partial charge in [0.15, 0.2) is 0 Å². The average Bonchev–Trinajstić information content (AvgIpc) is 2.53. The van der Waals surface area contributed by atoms with Crippen molar-refractivity contribution in [2.24, 2.45) is 0 Å². The van der Waals surface area contributed by atoms with Crippen molar-refractivity contribution in [3.63, 3.8) is 0 Å². The number of carbonyl (C=O) groups excluding carboxylic acids is 1. The highest BCUT2D eigenvalue weighted by Crippen LogP contribution is 2.27. The van der Waals surface area contributed by atoms with E-state index in [0.29, 0.717) is 28.7 Å². The number of carbonyl (C=O) groups is 1. The van der Waals surface area contributed by atoms with E-state index in [2.05, 4.69) is 10.3 Å². The zero-order chi connectivity index (χ0) is 15.2. The predicted molar refractivity (Wildman–Crippen MR) is 80.9 cm³/mol. The van der Waals surface area contributed by atoms with E-state index in [1.165, 1.54) is 7.11 Å². The number of ether oxygens (including phenoxy) is 2. The van der Waals surface area contributed by atoms with Gasteiger partial charge in [0.1, 0.15) is 17.1 Å². The van der Waals surface area contributed by atoms with Crippen molar-refractivity contribution in [3.05, 3.63) is 52.7 Å². The Morgan fingerprint density at radius 1 is 1.29 bits per heavy atom. The molecule has 110 valence electrons. The van der Waals surface area contributed by atoms with Gasteiger partial charge in [0.25, 0.3) is 0 Å². The minimum Gasteiger partial charge on any atom is -0.496 e. The largest absolute Gasteiger partial charge is 0.496 e. The van der Waals surface area contributed by atoms with Crippen LogP contribution in [0.3, 0.4) is 0 Å². The maximum atomic E-state index is 11.7. The lowest BCUT2D eigenvalue weighted by Gasteiger charge is -2.13. The van der Waals surface area contributed by atoms with Crippen LogP contribution < -0.4 is 10.1 Å². The average molecular weight is 307 g/mol. The molecule has 0 spiro atoms. The van der Waals surface area contributed by atoms with Crippen LogP contribution in [-0.4, -0.2) is 25.2 Å². The van der Waals surface area contributed by atoms with Crippen LogP contribution in [0.5, 0.6) is 5.75 Å². The molecule has 5 nitrogen and oxygen atoms in total. The Balaban J connectivity index is 2.23. The number of esters is 1. The number of rotatable bonds is 5. The second-order valence-corrected chi connectivity index (χ2v) is 4.57. The predicted octanol–water partition coefficient (Wildman–Crippen LogP) is 3.14. The van der Waals surface area contributed by atoms with Crippen LogP contribution in [0, 0.1) is 0 Å². The Bertz CT molecular complexity index is 647. The standard InChI is InChI=1S/C15H15ClN2O3/c1-20-13-7-3-6-12(16)11(13)9-18-14-10(15(19)21-2)5-4-8-17-14/h3-8H,9H2,1-2H3,(H,17,18). The van der Waals surface area contributed by atoms with Gasteiger partial charge in [-0.25, -0.2) is 9.78 Å². The Morgan fingerprint density at radius 2 is 2.10 bits per heavy atom. The molecule has 2 aromatic rings. The highest BCUT2D eigenvalue weighted by atomic mass is 35.5. The quantitative estimate of drug-likeness (QED) is 0.860. The fraction of sp³-hybridized carbons (Fsp3) is 0.200. The van der Waals surface area contributed by atoms with Crippen molar-refractivity contribution in [1.29, 1.82) is 0 Å². The van der Waals surface area contributed by atoms with Gasteiger partial charge >= 0.3 is 5.97 Å². The van der Waals surface area contributed by atoms with Crippen LogP contribution in [0.1, 0.15) is 15.9 Å². The molecule has 0 radical (unpaired) electrons. The highest BCUT2D eigenvalue weighted by molar-refractivity contribution is 6.31. The van der Waals surface area contributed by atoms with Crippen LogP contribution in [0.15, 0.2) is 36.5 Å². The number of hydrogen-bond acceptors (Lipinski definition) is 5. The monoisotopic (exact) mass is 306 g/mol. The fourth-order valence-electron chi connectivity index (χ4n) is 1.89. The lowest BCUT2D eigenvalue weighted by Crippen LogP contribution is -2.10. The van der Waals surface area contributed by atoms with Crippen LogP contribution in [-0.2, 0) is 11.3 Å². The van der Waals surface area contributed by atoms with Crippen LogP contribution in [0.4, 0.5) is 5.82 Å². The molecule has 2 rings (SSSR count). The first kappa shape index (κ1) is 15.1. The second-order valence-electron chi connectivity index (χ2n) is 4.17. The van der Waals surface area contributed by atoms with E-state index in [-0.39, 0.29) is 0 Å². The Labute approximate surface area is 127 Å². The summed E-state index contributed by atoms with van der Waals surface area (Å²) >= 11 is 6.17. The summed E-state index contributed by atoms with van der Waals surface area (Å²) in [6.07, 6.45) is 1.60. The van der Waals surface area contributed by atoms with Crippen LogP contribution in [0.2, 0.25) is 5.02 Å². The number of nitrogens with zero attached hydrogens (tertiary/aromatic N) is 1. The van der Waals surface area contributed by atoms with Gasteiger partial charge < -0.3 is 14.8 Å². The number of anilines is 1. The van der Waals surface area contributed by atoms with Gasteiger partial charge in [0.05, 0.1) is 14.2 Å². The Hall–Kier alpha value is -2.27. The smallest absolute Gasteiger partial charge is 0.341 e. The summed E-state index contributed by atoms with van der Waals surface area (Å²) in [5, 5.41) is 3.66. The Morgan fingerprint density at radius 3 is 2.81 bits per heavy atom. The molecule has 1 aromatic heterocycles. The number of benzene rings is 1. The van der Waals surface area contributed by atoms with Crippen molar-refractivity contribution in [2.75, 3.05) is 19.5 Å². The third-order valence-electron chi connectivity index (χ3n) is 2.94. The third kappa shape index (κ3) is 3.44. The molecule has 0 aliphatic carbocycles. The summed E-state index contributed by atoms with van der Waals surface area (Å²) in [4.78, 5) is 15.8. The van der Waals surface area contributed by atoms with Gasteiger partial charge in [0.2, 0.25) is 0 Å². The molecule has 0 unspecified atom stereocenters. The molecule has 6 heteroatoms. The molecule has 21 heavy (non-hydrogen) atoms. The molecule has 0 bridgehead atoms. The van der Waals surface area contributed by atoms with Gasteiger partial charge in [-0.05, 0) is 24.3 Å². The lowest BCUT2D eigenvalue weighted by atomic mass is 10.2. The zero-order valence-corrected chi connectivity index (χ0v) is 12.5. The third-order valence-corrected chi connectivity index (χ3v) is 3.30. The molecular weight excluding hydrogens is 292 g/mol. The molecule has 0 saturated heterocycles. The maximum Gasteiger partial charge on any atom is 0.341 e. The first-order valence-electron chi connectivity index (χ1n) is 6.26. The van der Waals surface area contributed by atoms with Crippen molar-refractivity contribution in [1.82, 2.24) is 4.98 Å². The lowest BCUT2D eigenvalue weighted by molar-refractivity contribution is 0.0601.